The third-order valence-electron chi connectivity index (χ3n) is 4.19. The van der Waals surface area contributed by atoms with E-state index in [1.54, 1.807) is 42.5 Å². The van der Waals surface area contributed by atoms with Crippen LogP contribution in [0.25, 0.3) is 11.3 Å². The van der Waals surface area contributed by atoms with Gasteiger partial charge in [-0.15, -0.1) is 0 Å². The van der Waals surface area contributed by atoms with Crippen LogP contribution in [-0.2, 0) is 0 Å². The van der Waals surface area contributed by atoms with Crippen LogP contribution in [-0.4, -0.2) is 33.9 Å². The van der Waals surface area contributed by atoms with E-state index in [-0.39, 0.29) is 11.3 Å². The quantitative estimate of drug-likeness (QED) is 0.463. The Hall–Kier alpha value is -3.55. The molecule has 3 rings (SSSR count). The van der Waals surface area contributed by atoms with E-state index in [0.717, 1.165) is 0 Å². The summed E-state index contributed by atoms with van der Waals surface area (Å²) in [6, 6.07) is 13.2. The molecule has 3 N–H and O–H groups in total. The van der Waals surface area contributed by atoms with Crippen LogP contribution in [0.3, 0.4) is 0 Å². The number of benzene rings is 2. The van der Waals surface area contributed by atoms with E-state index in [0.29, 0.717) is 22.6 Å². The van der Waals surface area contributed by atoms with E-state index in [4.69, 9.17) is 4.74 Å². The fraction of sp³-hybridized carbons (Fsp3) is 0.167. The Labute approximate surface area is 148 Å². The second-order valence-electron chi connectivity index (χ2n) is 5.73. The van der Waals surface area contributed by atoms with Crippen molar-refractivity contribution in [3.8, 4) is 22.8 Å². The maximum atomic E-state index is 12.4. The van der Waals surface area contributed by atoms with E-state index in [1.807, 2.05) is 0 Å². The molecule has 134 valence electrons. The number of methoxy groups -OCH3 is 1. The van der Waals surface area contributed by atoms with Crippen LogP contribution < -0.4 is 10.3 Å². The topological polar surface area (TPSA) is 121 Å². The largest absolute Gasteiger partial charge is 0.507 e. The molecular formula is C18H17N3O5. The second kappa shape index (κ2) is 7.14. The lowest BCUT2D eigenvalue weighted by atomic mass is 9.89. The number of H-pyrrole nitrogens is 2. The van der Waals surface area contributed by atoms with Crippen molar-refractivity contribution < 1.29 is 14.8 Å². The first-order chi connectivity index (χ1) is 12.5. The molecule has 1 aromatic heterocycles. The van der Waals surface area contributed by atoms with Gasteiger partial charge in [-0.05, 0) is 29.8 Å². The van der Waals surface area contributed by atoms with Gasteiger partial charge in [0.1, 0.15) is 11.5 Å². The molecule has 3 aromatic rings. The van der Waals surface area contributed by atoms with Crippen LogP contribution >= 0.6 is 0 Å². The number of hydrogen-bond acceptors (Lipinski definition) is 5. The number of aromatic hydroxyl groups is 1. The van der Waals surface area contributed by atoms with Crippen LogP contribution in [0.15, 0.2) is 53.3 Å². The number of phenols is 1. The standard InChI is InChI=1S/C18H17N3O5/c1-26-12-8-6-11(7-9-12)14(10-21(24)25)16-17(19-20-18(16)23)13-4-2-3-5-15(13)22/h2-9,14,22H,10H2,1H3,(H2,19,20,23)/t14-/m0/s1. The molecule has 0 unspecified atom stereocenters. The summed E-state index contributed by atoms with van der Waals surface area (Å²) < 4.78 is 5.11. The highest BCUT2D eigenvalue weighted by Crippen LogP contribution is 2.34. The third kappa shape index (κ3) is 3.30. The van der Waals surface area contributed by atoms with Gasteiger partial charge in [0.15, 0.2) is 0 Å². The number of nitrogens with zero attached hydrogens (tertiary/aromatic N) is 1. The molecule has 0 saturated heterocycles. The van der Waals surface area contributed by atoms with E-state index in [9.17, 15) is 20.0 Å². The summed E-state index contributed by atoms with van der Waals surface area (Å²) >= 11 is 0. The molecule has 0 aliphatic rings. The number of rotatable bonds is 6. The zero-order chi connectivity index (χ0) is 18.7. The Kier molecular flexibility index (Phi) is 4.74. The fourth-order valence-corrected chi connectivity index (χ4v) is 2.95. The monoisotopic (exact) mass is 355 g/mol. The lowest BCUT2D eigenvalue weighted by Gasteiger charge is -2.14. The molecule has 8 nitrogen and oxygen atoms in total. The number of aromatic amines is 2. The van der Waals surface area contributed by atoms with E-state index in [2.05, 4.69) is 10.2 Å². The van der Waals surface area contributed by atoms with Crippen molar-refractivity contribution >= 4 is 0 Å². The van der Waals surface area contributed by atoms with Gasteiger partial charge in [0.05, 0.1) is 24.3 Å². The summed E-state index contributed by atoms with van der Waals surface area (Å²) in [4.78, 5) is 23.2. The van der Waals surface area contributed by atoms with Crippen LogP contribution in [0.5, 0.6) is 11.5 Å². The summed E-state index contributed by atoms with van der Waals surface area (Å²) in [6.45, 7) is -0.464. The molecule has 0 saturated carbocycles. The van der Waals surface area contributed by atoms with Crippen molar-refractivity contribution in [2.75, 3.05) is 13.7 Å². The molecule has 0 radical (unpaired) electrons. The van der Waals surface area contributed by atoms with Crippen LogP contribution in [0.2, 0.25) is 0 Å². The second-order valence-corrected chi connectivity index (χ2v) is 5.73. The number of nitro groups is 1. The Morgan fingerprint density at radius 3 is 2.46 bits per heavy atom. The fourth-order valence-electron chi connectivity index (χ4n) is 2.95. The molecule has 2 aromatic carbocycles. The van der Waals surface area contributed by atoms with Crippen LogP contribution in [0.1, 0.15) is 17.0 Å². The van der Waals surface area contributed by atoms with Crippen molar-refractivity contribution in [3.05, 3.63) is 80.1 Å². The van der Waals surface area contributed by atoms with E-state index >= 15 is 0 Å². The van der Waals surface area contributed by atoms with Crippen molar-refractivity contribution in [1.82, 2.24) is 10.2 Å². The number of para-hydroxylation sites is 1. The predicted octanol–water partition coefficient (Wildman–Crippen LogP) is 2.49. The first-order valence-electron chi connectivity index (χ1n) is 7.86. The first-order valence-corrected chi connectivity index (χ1v) is 7.86. The lowest BCUT2D eigenvalue weighted by Crippen LogP contribution is -2.20. The highest BCUT2D eigenvalue weighted by Gasteiger charge is 2.28. The zero-order valence-corrected chi connectivity index (χ0v) is 13.9. The number of ether oxygens (including phenoxy) is 1. The van der Waals surface area contributed by atoms with Gasteiger partial charge in [0.25, 0.3) is 5.56 Å². The molecule has 0 aliphatic heterocycles. The number of hydrogen-bond donors (Lipinski definition) is 3. The highest BCUT2D eigenvalue weighted by atomic mass is 16.6. The Balaban J connectivity index is 2.16. The minimum Gasteiger partial charge on any atom is -0.507 e. The van der Waals surface area contributed by atoms with Gasteiger partial charge in [0, 0.05) is 10.5 Å². The SMILES string of the molecule is COc1ccc([C@H](C[N+](=O)[O-])c2c(-c3ccccc3O)[nH][nH]c2=O)cc1. The van der Waals surface area contributed by atoms with E-state index < -0.39 is 22.9 Å². The van der Waals surface area contributed by atoms with Crippen molar-refractivity contribution in [2.24, 2.45) is 0 Å². The van der Waals surface area contributed by atoms with Gasteiger partial charge in [-0.1, -0.05) is 24.3 Å². The van der Waals surface area contributed by atoms with Gasteiger partial charge in [-0.2, -0.15) is 0 Å². The van der Waals surface area contributed by atoms with Crippen LogP contribution in [0, 0.1) is 10.1 Å². The summed E-state index contributed by atoms with van der Waals surface area (Å²) in [6.07, 6.45) is 0. The molecule has 0 fully saturated rings. The van der Waals surface area contributed by atoms with E-state index in [1.165, 1.54) is 13.2 Å². The average molecular weight is 355 g/mol. The number of nitrogens with one attached hydrogen (secondary N) is 2. The minimum atomic E-state index is -0.791. The Morgan fingerprint density at radius 2 is 1.85 bits per heavy atom. The number of aromatic nitrogens is 2. The summed E-state index contributed by atoms with van der Waals surface area (Å²) in [5.41, 5.74) is 1.06. The molecule has 1 heterocycles. The molecule has 26 heavy (non-hydrogen) atoms. The van der Waals surface area contributed by atoms with Gasteiger partial charge in [0.2, 0.25) is 6.54 Å². The normalized spacial score (nSPS) is 11.9. The van der Waals surface area contributed by atoms with Gasteiger partial charge in [-0.25, -0.2) is 0 Å². The van der Waals surface area contributed by atoms with Crippen molar-refractivity contribution in [2.45, 2.75) is 5.92 Å². The summed E-state index contributed by atoms with van der Waals surface area (Å²) in [5, 5.41) is 26.6. The molecular weight excluding hydrogens is 338 g/mol. The van der Waals surface area contributed by atoms with Gasteiger partial charge < -0.3 is 9.84 Å². The zero-order valence-electron chi connectivity index (χ0n) is 13.9. The third-order valence-corrected chi connectivity index (χ3v) is 4.19. The molecule has 0 spiro atoms. The maximum absolute atomic E-state index is 12.4. The van der Waals surface area contributed by atoms with Crippen LogP contribution in [0.4, 0.5) is 0 Å². The number of phenolic OH excluding ortho intramolecular Hbond substituents is 1. The van der Waals surface area contributed by atoms with Gasteiger partial charge in [-0.3, -0.25) is 25.1 Å². The molecule has 0 amide bonds. The highest BCUT2D eigenvalue weighted by molar-refractivity contribution is 5.70. The Morgan fingerprint density at radius 1 is 1.15 bits per heavy atom. The minimum absolute atomic E-state index is 0.0291. The Bertz CT molecular complexity index is 975. The molecule has 1 atom stereocenters. The summed E-state index contributed by atoms with van der Waals surface area (Å²) in [7, 11) is 1.52. The lowest BCUT2D eigenvalue weighted by molar-refractivity contribution is -0.481. The predicted molar refractivity (Wildman–Crippen MR) is 95.2 cm³/mol. The van der Waals surface area contributed by atoms with Crippen molar-refractivity contribution in [1.29, 1.82) is 0 Å². The van der Waals surface area contributed by atoms with Crippen molar-refractivity contribution in [3.63, 3.8) is 0 Å². The maximum Gasteiger partial charge on any atom is 0.268 e. The average Bonchev–Trinajstić information content (AvgIpc) is 3.01. The molecule has 0 aliphatic carbocycles. The molecule has 8 heteroatoms. The smallest absolute Gasteiger partial charge is 0.268 e. The molecule has 0 bridgehead atoms. The summed E-state index contributed by atoms with van der Waals surface area (Å²) in [5.74, 6) is -0.211. The first kappa shape index (κ1) is 17.3. The van der Waals surface area contributed by atoms with Gasteiger partial charge >= 0.3 is 0 Å².